The number of halogens is 3. The molecule has 0 bridgehead atoms. The molecule has 0 saturated heterocycles. The Bertz CT molecular complexity index is 484. The summed E-state index contributed by atoms with van der Waals surface area (Å²) in [5, 5.41) is 4.37. The van der Waals surface area contributed by atoms with E-state index >= 15 is 0 Å². The number of aliphatic imine (C=N–C) groups is 1. The fraction of sp³-hybridized carbons (Fsp3) is 0.417. The molecule has 1 aliphatic rings. The van der Waals surface area contributed by atoms with Crippen LogP contribution in [-0.2, 0) is 0 Å². The van der Waals surface area contributed by atoms with Crippen molar-refractivity contribution in [3.8, 4) is 0 Å². The van der Waals surface area contributed by atoms with Crippen molar-refractivity contribution in [1.29, 1.82) is 0 Å². The highest BCUT2D eigenvalue weighted by Crippen LogP contribution is 2.35. The van der Waals surface area contributed by atoms with E-state index in [1.54, 1.807) is 11.8 Å². The molecule has 1 aromatic carbocycles. The van der Waals surface area contributed by atoms with Gasteiger partial charge in [0.15, 0.2) is 5.17 Å². The monoisotopic (exact) mass is 306 g/mol. The van der Waals surface area contributed by atoms with Crippen LogP contribution in [0.4, 0.5) is 10.1 Å². The molecular formula is C12H13Cl2FN2S. The average Bonchev–Trinajstić information content (AvgIpc) is 2.66. The summed E-state index contributed by atoms with van der Waals surface area (Å²) in [4.78, 5) is 4.60. The van der Waals surface area contributed by atoms with Gasteiger partial charge in [-0.3, -0.25) is 4.99 Å². The molecule has 98 valence electrons. The molecule has 2 rings (SSSR count). The third kappa shape index (κ3) is 2.92. The lowest BCUT2D eigenvalue weighted by Gasteiger charge is -2.15. The van der Waals surface area contributed by atoms with E-state index in [9.17, 15) is 4.39 Å². The fourth-order valence-electron chi connectivity index (χ4n) is 1.55. The van der Waals surface area contributed by atoms with Crippen molar-refractivity contribution < 1.29 is 4.39 Å². The second-order valence-electron chi connectivity index (χ2n) is 4.43. The Kier molecular flexibility index (Phi) is 4.09. The quantitative estimate of drug-likeness (QED) is 0.847. The van der Waals surface area contributed by atoms with E-state index in [0.717, 1.165) is 17.3 Å². The van der Waals surface area contributed by atoms with Gasteiger partial charge in [0.25, 0.3) is 0 Å². The lowest BCUT2D eigenvalue weighted by molar-refractivity contribution is 0.523. The van der Waals surface area contributed by atoms with Gasteiger partial charge in [-0.1, -0.05) is 41.9 Å². The van der Waals surface area contributed by atoms with E-state index in [2.05, 4.69) is 24.2 Å². The van der Waals surface area contributed by atoms with Gasteiger partial charge in [0.05, 0.1) is 21.3 Å². The molecule has 0 fully saturated rings. The maximum absolute atomic E-state index is 13.1. The van der Waals surface area contributed by atoms with Crippen molar-refractivity contribution in [2.24, 2.45) is 4.99 Å². The van der Waals surface area contributed by atoms with E-state index in [-0.39, 0.29) is 15.6 Å². The molecule has 1 heterocycles. The molecule has 0 aliphatic carbocycles. The zero-order valence-electron chi connectivity index (χ0n) is 10.1. The van der Waals surface area contributed by atoms with E-state index in [4.69, 9.17) is 23.2 Å². The summed E-state index contributed by atoms with van der Waals surface area (Å²) in [6.45, 7) is 4.20. The zero-order valence-corrected chi connectivity index (χ0v) is 12.4. The van der Waals surface area contributed by atoms with Crippen molar-refractivity contribution >= 4 is 45.8 Å². The number of nitrogens with zero attached hydrogens (tertiary/aromatic N) is 1. The van der Waals surface area contributed by atoms with Gasteiger partial charge < -0.3 is 5.32 Å². The molecular weight excluding hydrogens is 294 g/mol. The van der Waals surface area contributed by atoms with E-state index in [1.165, 1.54) is 12.1 Å². The predicted molar refractivity (Wildman–Crippen MR) is 78.6 cm³/mol. The van der Waals surface area contributed by atoms with Gasteiger partial charge in [0.2, 0.25) is 0 Å². The molecule has 1 aliphatic heterocycles. The number of anilines is 1. The van der Waals surface area contributed by atoms with Gasteiger partial charge in [0, 0.05) is 5.75 Å². The highest BCUT2D eigenvalue weighted by Gasteiger charge is 2.29. The fourth-order valence-corrected chi connectivity index (χ4v) is 3.28. The second kappa shape index (κ2) is 5.27. The molecule has 6 heteroatoms. The van der Waals surface area contributed by atoms with Gasteiger partial charge in [-0.05, 0) is 25.5 Å². The number of nitrogens with one attached hydrogen (secondary N) is 1. The Hall–Kier alpha value is -0.450. The smallest absolute Gasteiger partial charge is 0.161 e. The highest BCUT2D eigenvalue weighted by atomic mass is 35.5. The van der Waals surface area contributed by atoms with Crippen LogP contribution in [0, 0.1) is 5.82 Å². The van der Waals surface area contributed by atoms with Crippen molar-refractivity contribution in [3.63, 3.8) is 0 Å². The van der Waals surface area contributed by atoms with E-state index < -0.39 is 5.82 Å². The van der Waals surface area contributed by atoms with Gasteiger partial charge >= 0.3 is 0 Å². The maximum atomic E-state index is 13.1. The summed E-state index contributed by atoms with van der Waals surface area (Å²) < 4.78 is 13.1. The summed E-state index contributed by atoms with van der Waals surface area (Å²) in [5.74, 6) is 0.470. The van der Waals surface area contributed by atoms with Crippen LogP contribution >= 0.6 is 35.0 Å². The molecule has 1 N–H and O–H groups in total. The van der Waals surface area contributed by atoms with Crippen LogP contribution in [0.2, 0.25) is 10.0 Å². The predicted octanol–water partition coefficient (Wildman–Crippen LogP) is 4.82. The first kappa shape index (κ1) is 14.0. The minimum absolute atomic E-state index is 0.0496. The third-order valence-corrected chi connectivity index (χ3v) is 4.72. The van der Waals surface area contributed by atoms with Gasteiger partial charge in [-0.25, -0.2) is 4.39 Å². The van der Waals surface area contributed by atoms with Crippen molar-refractivity contribution in [2.75, 3.05) is 11.1 Å². The molecule has 0 amide bonds. The van der Waals surface area contributed by atoms with Crippen LogP contribution in [0.3, 0.4) is 0 Å². The van der Waals surface area contributed by atoms with Crippen LogP contribution in [-0.4, -0.2) is 16.5 Å². The molecule has 0 spiro atoms. The molecule has 0 aromatic heterocycles. The molecule has 1 aromatic rings. The lowest BCUT2D eigenvalue weighted by atomic mass is 10.0. The number of amidine groups is 1. The Morgan fingerprint density at radius 2 is 2.06 bits per heavy atom. The first-order chi connectivity index (χ1) is 8.43. The SMILES string of the molecule is CCC1(C)CSC(Nc2c(Cl)cc(F)cc2Cl)=N1. The average molecular weight is 307 g/mol. The topological polar surface area (TPSA) is 24.4 Å². The Morgan fingerprint density at radius 3 is 2.56 bits per heavy atom. The molecule has 2 nitrogen and oxygen atoms in total. The first-order valence-electron chi connectivity index (χ1n) is 5.58. The van der Waals surface area contributed by atoms with Crippen LogP contribution in [0.1, 0.15) is 20.3 Å². The Balaban J connectivity index is 2.24. The molecule has 18 heavy (non-hydrogen) atoms. The van der Waals surface area contributed by atoms with Crippen LogP contribution < -0.4 is 5.32 Å². The second-order valence-corrected chi connectivity index (χ2v) is 6.20. The molecule has 1 atom stereocenters. The van der Waals surface area contributed by atoms with Gasteiger partial charge in [-0.15, -0.1) is 0 Å². The van der Waals surface area contributed by atoms with Crippen molar-refractivity contribution in [1.82, 2.24) is 0 Å². The minimum atomic E-state index is -0.449. The van der Waals surface area contributed by atoms with E-state index in [0.29, 0.717) is 5.69 Å². The minimum Gasteiger partial charge on any atom is -0.333 e. The maximum Gasteiger partial charge on any atom is 0.161 e. The lowest BCUT2D eigenvalue weighted by Crippen LogP contribution is -2.20. The van der Waals surface area contributed by atoms with Crippen LogP contribution in [0.25, 0.3) is 0 Å². The number of benzene rings is 1. The Morgan fingerprint density at radius 1 is 1.44 bits per heavy atom. The first-order valence-corrected chi connectivity index (χ1v) is 7.32. The number of hydrogen-bond donors (Lipinski definition) is 1. The number of thioether (sulfide) groups is 1. The van der Waals surface area contributed by atoms with Crippen LogP contribution in [0.5, 0.6) is 0 Å². The summed E-state index contributed by atoms with van der Waals surface area (Å²) >= 11 is 13.6. The summed E-state index contributed by atoms with van der Waals surface area (Å²) in [7, 11) is 0. The summed E-state index contributed by atoms with van der Waals surface area (Å²) in [5.41, 5.74) is 0.456. The third-order valence-electron chi connectivity index (χ3n) is 2.89. The standard InChI is InChI=1S/C12H13Cl2FN2S/c1-3-12(2)6-18-11(17-12)16-10-8(13)4-7(15)5-9(10)14/h4-5H,3,6H2,1-2H3,(H,16,17). The van der Waals surface area contributed by atoms with Gasteiger partial charge in [-0.2, -0.15) is 0 Å². The van der Waals surface area contributed by atoms with Crippen molar-refractivity contribution in [2.45, 2.75) is 25.8 Å². The molecule has 1 unspecified atom stereocenters. The highest BCUT2D eigenvalue weighted by molar-refractivity contribution is 8.14. The number of rotatable bonds is 2. The van der Waals surface area contributed by atoms with Gasteiger partial charge in [0.1, 0.15) is 5.82 Å². The normalized spacial score (nSPS) is 23.1. The largest absolute Gasteiger partial charge is 0.333 e. The molecule has 0 saturated carbocycles. The Labute approximate surface area is 120 Å². The zero-order chi connectivity index (χ0) is 13.3. The summed E-state index contributed by atoms with van der Waals surface area (Å²) in [6.07, 6.45) is 0.968. The molecule has 0 radical (unpaired) electrons. The van der Waals surface area contributed by atoms with E-state index in [1.807, 2.05) is 0 Å². The van der Waals surface area contributed by atoms with Crippen molar-refractivity contribution in [3.05, 3.63) is 28.0 Å². The summed E-state index contributed by atoms with van der Waals surface area (Å²) in [6, 6.07) is 2.46. The van der Waals surface area contributed by atoms with Crippen LogP contribution in [0.15, 0.2) is 17.1 Å². The number of hydrogen-bond acceptors (Lipinski definition) is 3.